The van der Waals surface area contributed by atoms with Crippen molar-refractivity contribution in [2.24, 2.45) is 5.92 Å². The summed E-state index contributed by atoms with van der Waals surface area (Å²) in [4.78, 5) is 1.36. The molecular weight excluding hydrogens is 254 g/mol. The van der Waals surface area contributed by atoms with Crippen molar-refractivity contribution in [1.82, 2.24) is 5.32 Å². The quantitative estimate of drug-likeness (QED) is 0.810. The summed E-state index contributed by atoms with van der Waals surface area (Å²) in [6.45, 7) is 4.31. The number of aliphatic hydroxyl groups excluding tert-OH is 1. The van der Waals surface area contributed by atoms with Crippen LogP contribution in [-0.4, -0.2) is 18.3 Å². The van der Waals surface area contributed by atoms with Crippen molar-refractivity contribution in [2.45, 2.75) is 19.9 Å². The van der Waals surface area contributed by atoms with Crippen LogP contribution in [0.4, 0.5) is 0 Å². The van der Waals surface area contributed by atoms with E-state index >= 15 is 0 Å². The molecule has 1 unspecified atom stereocenters. The van der Waals surface area contributed by atoms with Gasteiger partial charge in [-0.05, 0) is 41.5 Å². The van der Waals surface area contributed by atoms with Crippen molar-refractivity contribution in [1.29, 1.82) is 0 Å². The molecule has 0 fully saturated rings. The maximum Gasteiger partial charge on any atom is 0.0434 e. The fourth-order valence-electron chi connectivity index (χ4n) is 2.02. The molecule has 19 heavy (non-hydrogen) atoms. The van der Waals surface area contributed by atoms with Crippen molar-refractivity contribution in [2.75, 3.05) is 13.2 Å². The second-order valence-corrected chi connectivity index (χ2v) is 5.91. The molecule has 1 aromatic heterocycles. The third-order valence-corrected chi connectivity index (χ3v) is 4.11. The molecule has 102 valence electrons. The number of thiophene rings is 1. The van der Waals surface area contributed by atoms with E-state index in [0.29, 0.717) is 5.92 Å². The van der Waals surface area contributed by atoms with Gasteiger partial charge in [-0.3, -0.25) is 0 Å². The van der Waals surface area contributed by atoms with Crippen molar-refractivity contribution in [3.63, 3.8) is 0 Å². The third kappa shape index (κ3) is 4.46. The van der Waals surface area contributed by atoms with E-state index in [9.17, 15) is 0 Å². The number of hydrogen-bond acceptors (Lipinski definition) is 3. The lowest BCUT2D eigenvalue weighted by molar-refractivity contribution is 0.260. The molecule has 0 aliphatic heterocycles. The Morgan fingerprint density at radius 1 is 1.21 bits per heavy atom. The van der Waals surface area contributed by atoms with E-state index in [2.05, 4.69) is 48.0 Å². The minimum absolute atomic E-state index is 0.278. The summed E-state index contributed by atoms with van der Waals surface area (Å²) in [5.41, 5.74) is 2.57. The minimum Gasteiger partial charge on any atom is -0.396 e. The molecule has 2 nitrogen and oxygen atoms in total. The zero-order chi connectivity index (χ0) is 13.5. The topological polar surface area (TPSA) is 32.3 Å². The molecule has 0 aliphatic rings. The van der Waals surface area contributed by atoms with Crippen LogP contribution in [0.5, 0.6) is 0 Å². The minimum atomic E-state index is 0.278. The highest BCUT2D eigenvalue weighted by molar-refractivity contribution is 7.10. The first kappa shape index (κ1) is 14.3. The summed E-state index contributed by atoms with van der Waals surface area (Å²) in [6, 6.07) is 12.7. The van der Waals surface area contributed by atoms with Crippen molar-refractivity contribution in [3.05, 3.63) is 46.7 Å². The van der Waals surface area contributed by atoms with Crippen LogP contribution in [0.25, 0.3) is 11.1 Å². The van der Waals surface area contributed by atoms with E-state index in [4.69, 9.17) is 5.11 Å². The molecule has 2 N–H and O–H groups in total. The molecule has 2 rings (SSSR count). The van der Waals surface area contributed by atoms with Gasteiger partial charge >= 0.3 is 0 Å². The summed E-state index contributed by atoms with van der Waals surface area (Å²) in [6.07, 6.45) is 0.868. The number of aliphatic hydroxyl groups is 1. The molecule has 1 heterocycles. The maximum atomic E-state index is 8.86. The summed E-state index contributed by atoms with van der Waals surface area (Å²) < 4.78 is 0. The van der Waals surface area contributed by atoms with Crippen LogP contribution < -0.4 is 5.32 Å². The third-order valence-electron chi connectivity index (χ3n) is 3.17. The van der Waals surface area contributed by atoms with E-state index in [1.807, 2.05) is 6.07 Å². The molecule has 0 spiro atoms. The normalized spacial score (nSPS) is 12.5. The van der Waals surface area contributed by atoms with Gasteiger partial charge in [-0.2, -0.15) is 0 Å². The van der Waals surface area contributed by atoms with Gasteiger partial charge < -0.3 is 10.4 Å². The Morgan fingerprint density at radius 2 is 2.00 bits per heavy atom. The van der Waals surface area contributed by atoms with Crippen molar-refractivity contribution in [3.8, 4) is 11.1 Å². The SMILES string of the molecule is CC(CCO)CNCc1cc(-c2ccccc2)cs1. The van der Waals surface area contributed by atoms with Crippen LogP contribution >= 0.6 is 11.3 Å². The van der Waals surface area contributed by atoms with Gasteiger partial charge in [0.1, 0.15) is 0 Å². The van der Waals surface area contributed by atoms with E-state index in [1.54, 1.807) is 11.3 Å². The first-order chi connectivity index (χ1) is 9.29. The first-order valence-electron chi connectivity index (χ1n) is 6.74. The number of hydrogen-bond donors (Lipinski definition) is 2. The Labute approximate surface area is 119 Å². The predicted molar refractivity (Wildman–Crippen MR) is 82.3 cm³/mol. The molecule has 0 saturated carbocycles. The Hall–Kier alpha value is -1.16. The molecule has 1 aromatic carbocycles. The van der Waals surface area contributed by atoms with Crippen molar-refractivity contribution < 1.29 is 5.11 Å². The number of nitrogens with one attached hydrogen (secondary N) is 1. The number of rotatable bonds is 7. The molecule has 3 heteroatoms. The second kappa shape index (κ2) is 7.43. The standard InChI is InChI=1S/C16H21NOS/c1-13(7-8-18)10-17-11-16-9-15(12-19-16)14-5-3-2-4-6-14/h2-6,9,12-13,17-18H,7-8,10-11H2,1H3. The lowest BCUT2D eigenvalue weighted by Gasteiger charge is -2.09. The summed E-state index contributed by atoms with van der Waals surface area (Å²) in [5, 5.41) is 14.5. The Bertz CT molecular complexity index is 481. The first-order valence-corrected chi connectivity index (χ1v) is 7.62. The monoisotopic (exact) mass is 275 g/mol. The number of benzene rings is 1. The van der Waals surface area contributed by atoms with E-state index in [0.717, 1.165) is 19.5 Å². The molecule has 1 atom stereocenters. The molecule has 0 saturated heterocycles. The molecule has 2 aromatic rings. The molecule has 0 aliphatic carbocycles. The van der Waals surface area contributed by atoms with E-state index in [1.165, 1.54) is 16.0 Å². The van der Waals surface area contributed by atoms with E-state index in [-0.39, 0.29) is 6.61 Å². The van der Waals surface area contributed by atoms with Gasteiger partial charge in [0.15, 0.2) is 0 Å². The highest BCUT2D eigenvalue weighted by atomic mass is 32.1. The van der Waals surface area contributed by atoms with Crippen LogP contribution in [0, 0.1) is 5.92 Å². The van der Waals surface area contributed by atoms with Gasteiger partial charge in [-0.25, -0.2) is 0 Å². The van der Waals surface area contributed by atoms with Crippen LogP contribution in [0.1, 0.15) is 18.2 Å². The molecular formula is C16H21NOS. The lowest BCUT2D eigenvalue weighted by Crippen LogP contribution is -2.20. The average Bonchev–Trinajstić information content (AvgIpc) is 2.89. The highest BCUT2D eigenvalue weighted by Crippen LogP contribution is 2.25. The largest absolute Gasteiger partial charge is 0.396 e. The van der Waals surface area contributed by atoms with Gasteiger partial charge in [0.2, 0.25) is 0 Å². The van der Waals surface area contributed by atoms with Crippen LogP contribution in [0.3, 0.4) is 0 Å². The van der Waals surface area contributed by atoms with Gasteiger partial charge in [-0.1, -0.05) is 37.3 Å². The van der Waals surface area contributed by atoms with Gasteiger partial charge in [0.05, 0.1) is 0 Å². The maximum absolute atomic E-state index is 8.86. The van der Waals surface area contributed by atoms with Gasteiger partial charge in [0.25, 0.3) is 0 Å². The molecule has 0 amide bonds. The average molecular weight is 275 g/mol. The van der Waals surface area contributed by atoms with Gasteiger partial charge in [0, 0.05) is 18.0 Å². The van der Waals surface area contributed by atoms with E-state index < -0.39 is 0 Å². The smallest absolute Gasteiger partial charge is 0.0434 e. The van der Waals surface area contributed by atoms with Crippen LogP contribution in [-0.2, 0) is 6.54 Å². The predicted octanol–water partition coefficient (Wildman–Crippen LogP) is 3.52. The highest BCUT2D eigenvalue weighted by Gasteiger charge is 2.04. The summed E-state index contributed by atoms with van der Waals surface area (Å²) in [5.74, 6) is 0.526. The molecule has 0 radical (unpaired) electrons. The summed E-state index contributed by atoms with van der Waals surface area (Å²) >= 11 is 1.80. The lowest BCUT2D eigenvalue weighted by atomic mass is 10.1. The Balaban J connectivity index is 1.85. The van der Waals surface area contributed by atoms with Crippen LogP contribution in [0.15, 0.2) is 41.8 Å². The Morgan fingerprint density at radius 3 is 2.74 bits per heavy atom. The van der Waals surface area contributed by atoms with Crippen LogP contribution in [0.2, 0.25) is 0 Å². The zero-order valence-corrected chi connectivity index (χ0v) is 12.1. The van der Waals surface area contributed by atoms with Gasteiger partial charge in [-0.15, -0.1) is 11.3 Å². The second-order valence-electron chi connectivity index (χ2n) is 4.92. The van der Waals surface area contributed by atoms with Crippen molar-refractivity contribution >= 4 is 11.3 Å². The molecule has 0 bridgehead atoms. The fraction of sp³-hybridized carbons (Fsp3) is 0.375. The summed E-state index contributed by atoms with van der Waals surface area (Å²) in [7, 11) is 0. The Kier molecular flexibility index (Phi) is 5.58. The fourth-order valence-corrected chi connectivity index (χ4v) is 2.88. The zero-order valence-electron chi connectivity index (χ0n) is 11.3.